The van der Waals surface area contributed by atoms with Crippen LogP contribution in [0.4, 0.5) is 0 Å². The maximum Gasteiger partial charge on any atom is 0.140 e. The van der Waals surface area contributed by atoms with Gasteiger partial charge >= 0.3 is 0 Å². The molecule has 0 saturated heterocycles. The zero-order valence-electron chi connectivity index (χ0n) is 8.52. The number of hydrogen-bond donors (Lipinski definition) is 1. The average molecular weight is 299 g/mol. The molecule has 1 aromatic carbocycles. The van der Waals surface area contributed by atoms with E-state index >= 15 is 0 Å². The van der Waals surface area contributed by atoms with Crippen LogP contribution in [0.3, 0.4) is 0 Å². The van der Waals surface area contributed by atoms with Gasteiger partial charge in [0.05, 0.1) is 10.2 Å². The molecular formula is C11H11BrN2OS. The monoisotopic (exact) mass is 298 g/mol. The second-order valence-corrected chi connectivity index (χ2v) is 4.95. The Morgan fingerprint density at radius 1 is 1.38 bits per heavy atom. The first-order chi connectivity index (χ1) is 7.79. The van der Waals surface area contributed by atoms with Crippen molar-refractivity contribution in [3.8, 4) is 5.75 Å². The second kappa shape index (κ2) is 5.43. The Morgan fingerprint density at radius 3 is 2.88 bits per heavy atom. The highest BCUT2D eigenvalue weighted by Crippen LogP contribution is 2.25. The second-order valence-electron chi connectivity index (χ2n) is 3.16. The van der Waals surface area contributed by atoms with E-state index in [1.807, 2.05) is 29.6 Å². The van der Waals surface area contributed by atoms with Crippen molar-refractivity contribution in [1.29, 1.82) is 0 Å². The highest BCUT2D eigenvalue weighted by molar-refractivity contribution is 9.10. The van der Waals surface area contributed by atoms with E-state index in [-0.39, 0.29) is 0 Å². The molecule has 0 radical (unpaired) electrons. The fraction of sp³-hybridized carbons (Fsp3) is 0.182. The number of nitrogens with two attached hydrogens (primary N) is 1. The summed E-state index contributed by atoms with van der Waals surface area (Å²) in [6, 6.07) is 7.75. The lowest BCUT2D eigenvalue weighted by atomic mass is 10.3. The van der Waals surface area contributed by atoms with Gasteiger partial charge in [-0.2, -0.15) is 0 Å². The van der Waals surface area contributed by atoms with Crippen LogP contribution >= 0.6 is 27.3 Å². The number of hydrogen-bond acceptors (Lipinski definition) is 4. The smallest absolute Gasteiger partial charge is 0.140 e. The van der Waals surface area contributed by atoms with Gasteiger partial charge in [0.25, 0.3) is 0 Å². The van der Waals surface area contributed by atoms with E-state index in [2.05, 4.69) is 20.9 Å². The summed E-state index contributed by atoms with van der Waals surface area (Å²) in [6.07, 6.45) is 0. The Kier molecular flexibility index (Phi) is 3.93. The molecule has 1 aromatic heterocycles. The fourth-order valence-electron chi connectivity index (χ4n) is 1.21. The van der Waals surface area contributed by atoms with E-state index in [0.717, 1.165) is 20.9 Å². The van der Waals surface area contributed by atoms with Crippen molar-refractivity contribution < 1.29 is 4.74 Å². The van der Waals surface area contributed by atoms with E-state index < -0.39 is 0 Å². The number of thiazole rings is 1. The molecular weight excluding hydrogens is 288 g/mol. The van der Waals surface area contributed by atoms with Crippen LogP contribution in [0, 0.1) is 0 Å². The van der Waals surface area contributed by atoms with Crippen LogP contribution in [-0.4, -0.2) is 4.98 Å². The number of benzene rings is 1. The summed E-state index contributed by atoms with van der Waals surface area (Å²) >= 11 is 4.99. The van der Waals surface area contributed by atoms with E-state index in [1.54, 1.807) is 11.3 Å². The summed E-state index contributed by atoms with van der Waals surface area (Å²) in [4.78, 5) is 4.33. The molecule has 5 heteroatoms. The molecule has 2 N–H and O–H groups in total. The number of para-hydroxylation sites is 1. The molecule has 0 bridgehead atoms. The standard InChI is InChI=1S/C11H11BrN2OS/c12-9-3-1-2-4-10(9)15-6-11-14-8(5-13)7-16-11/h1-4,7H,5-6,13H2. The third-order valence-electron chi connectivity index (χ3n) is 2.00. The topological polar surface area (TPSA) is 48.1 Å². The van der Waals surface area contributed by atoms with Crippen molar-refractivity contribution in [2.45, 2.75) is 13.2 Å². The summed E-state index contributed by atoms with van der Waals surface area (Å²) < 4.78 is 6.59. The SMILES string of the molecule is NCc1csc(COc2ccccc2Br)n1. The fourth-order valence-corrected chi connectivity index (χ4v) is 2.33. The van der Waals surface area contributed by atoms with Gasteiger partial charge in [-0.15, -0.1) is 11.3 Å². The molecule has 0 amide bonds. The van der Waals surface area contributed by atoms with Crippen molar-refractivity contribution in [3.63, 3.8) is 0 Å². The van der Waals surface area contributed by atoms with E-state index in [4.69, 9.17) is 10.5 Å². The van der Waals surface area contributed by atoms with Crippen molar-refractivity contribution in [2.75, 3.05) is 0 Å². The number of nitrogens with zero attached hydrogens (tertiary/aromatic N) is 1. The first-order valence-corrected chi connectivity index (χ1v) is 6.47. The highest BCUT2D eigenvalue weighted by atomic mass is 79.9. The van der Waals surface area contributed by atoms with Gasteiger partial charge in [-0.1, -0.05) is 12.1 Å². The van der Waals surface area contributed by atoms with Crippen molar-refractivity contribution in [2.24, 2.45) is 5.73 Å². The molecule has 2 rings (SSSR count). The van der Waals surface area contributed by atoms with E-state index in [1.165, 1.54) is 0 Å². The molecule has 84 valence electrons. The lowest BCUT2D eigenvalue weighted by Gasteiger charge is -2.05. The van der Waals surface area contributed by atoms with Crippen LogP contribution < -0.4 is 10.5 Å². The molecule has 0 unspecified atom stereocenters. The Morgan fingerprint density at radius 2 is 2.19 bits per heavy atom. The summed E-state index contributed by atoms with van der Waals surface area (Å²) in [5.74, 6) is 0.826. The van der Waals surface area contributed by atoms with Crippen molar-refractivity contribution >= 4 is 27.3 Å². The van der Waals surface area contributed by atoms with E-state index in [9.17, 15) is 0 Å². The van der Waals surface area contributed by atoms with Gasteiger partial charge in [0.15, 0.2) is 0 Å². The predicted molar refractivity (Wildman–Crippen MR) is 68.5 cm³/mol. The van der Waals surface area contributed by atoms with Crippen LogP contribution in [0.25, 0.3) is 0 Å². The highest BCUT2D eigenvalue weighted by Gasteiger charge is 2.03. The van der Waals surface area contributed by atoms with E-state index in [0.29, 0.717) is 13.2 Å². The molecule has 0 atom stereocenters. The Hall–Kier alpha value is -0.910. The lowest BCUT2D eigenvalue weighted by molar-refractivity contribution is 0.303. The normalized spacial score (nSPS) is 10.4. The molecule has 1 heterocycles. The van der Waals surface area contributed by atoms with Gasteiger partial charge in [-0.25, -0.2) is 4.98 Å². The van der Waals surface area contributed by atoms with Crippen molar-refractivity contribution in [3.05, 3.63) is 44.8 Å². The Balaban J connectivity index is 1.99. The van der Waals surface area contributed by atoms with Gasteiger partial charge in [-0.05, 0) is 28.1 Å². The lowest BCUT2D eigenvalue weighted by Crippen LogP contribution is -1.99. The molecule has 2 aromatic rings. The number of aromatic nitrogens is 1. The molecule has 3 nitrogen and oxygen atoms in total. The zero-order valence-corrected chi connectivity index (χ0v) is 10.9. The van der Waals surface area contributed by atoms with Crippen LogP contribution in [0.1, 0.15) is 10.7 Å². The van der Waals surface area contributed by atoms with Crippen LogP contribution in [-0.2, 0) is 13.2 Å². The summed E-state index contributed by atoms with van der Waals surface area (Å²) in [5, 5.41) is 2.90. The van der Waals surface area contributed by atoms with Gasteiger partial charge < -0.3 is 10.5 Å². The molecule has 0 spiro atoms. The van der Waals surface area contributed by atoms with Gasteiger partial charge in [0.2, 0.25) is 0 Å². The Labute approximate surface area is 106 Å². The van der Waals surface area contributed by atoms with Crippen LogP contribution in [0.5, 0.6) is 5.75 Å². The first kappa shape index (κ1) is 11.6. The Bertz CT molecular complexity index is 473. The van der Waals surface area contributed by atoms with Crippen molar-refractivity contribution in [1.82, 2.24) is 4.98 Å². The largest absolute Gasteiger partial charge is 0.485 e. The van der Waals surface area contributed by atoms with Gasteiger partial charge in [0.1, 0.15) is 17.4 Å². The third-order valence-corrected chi connectivity index (χ3v) is 3.52. The number of rotatable bonds is 4. The third kappa shape index (κ3) is 2.81. The molecule has 0 saturated carbocycles. The summed E-state index contributed by atoms with van der Waals surface area (Å²) in [5.41, 5.74) is 6.40. The quantitative estimate of drug-likeness (QED) is 0.944. The molecule has 0 aliphatic rings. The molecule has 0 aliphatic carbocycles. The average Bonchev–Trinajstić information content (AvgIpc) is 2.76. The maximum atomic E-state index is 5.64. The molecule has 0 fully saturated rings. The minimum Gasteiger partial charge on any atom is -0.485 e. The first-order valence-electron chi connectivity index (χ1n) is 4.80. The zero-order chi connectivity index (χ0) is 11.4. The predicted octanol–water partition coefficient (Wildman–Crippen LogP) is 2.94. The van der Waals surface area contributed by atoms with Gasteiger partial charge in [-0.3, -0.25) is 0 Å². The molecule has 0 aliphatic heterocycles. The van der Waals surface area contributed by atoms with Gasteiger partial charge in [0, 0.05) is 11.9 Å². The summed E-state index contributed by atoms with van der Waals surface area (Å²) in [7, 11) is 0. The molecule has 16 heavy (non-hydrogen) atoms. The minimum atomic E-state index is 0.478. The maximum absolute atomic E-state index is 5.64. The number of halogens is 1. The minimum absolute atomic E-state index is 0.478. The van der Waals surface area contributed by atoms with Crippen LogP contribution in [0.2, 0.25) is 0 Å². The van der Waals surface area contributed by atoms with Crippen LogP contribution in [0.15, 0.2) is 34.1 Å². The number of ether oxygens (including phenoxy) is 1. The summed E-state index contributed by atoms with van der Waals surface area (Å²) in [6.45, 7) is 0.957.